The molecule has 0 saturated heterocycles. The number of methoxy groups -OCH3 is 1. The molecule has 1 aromatic carbocycles. The van der Waals surface area contributed by atoms with Crippen LogP contribution in [0.1, 0.15) is 38.2 Å². The van der Waals surface area contributed by atoms with Crippen LogP contribution in [0.3, 0.4) is 0 Å². The van der Waals surface area contributed by atoms with Crippen molar-refractivity contribution in [2.24, 2.45) is 5.84 Å². The lowest BCUT2D eigenvalue weighted by Crippen LogP contribution is -2.35. The largest absolute Gasteiger partial charge is 0.382 e. The van der Waals surface area contributed by atoms with Crippen molar-refractivity contribution in [2.45, 2.75) is 51.2 Å². The maximum absolute atomic E-state index is 5.59. The van der Waals surface area contributed by atoms with Crippen LogP contribution in [0.15, 0.2) is 30.3 Å². The molecule has 3 N–H and O–H groups in total. The quantitative estimate of drug-likeness (QED) is 0.523. The van der Waals surface area contributed by atoms with Crippen LogP contribution in [0.5, 0.6) is 0 Å². The van der Waals surface area contributed by atoms with Crippen molar-refractivity contribution >= 4 is 0 Å². The minimum absolute atomic E-state index is 0.315. The zero-order chi connectivity index (χ0) is 13.2. The van der Waals surface area contributed by atoms with Crippen molar-refractivity contribution in [3.8, 4) is 0 Å². The molecule has 0 spiro atoms. The molecule has 0 amide bonds. The highest BCUT2D eigenvalue weighted by molar-refractivity contribution is 5.14. The van der Waals surface area contributed by atoms with Gasteiger partial charge in [0, 0.05) is 13.2 Å². The van der Waals surface area contributed by atoms with Crippen molar-refractivity contribution in [3.05, 3.63) is 35.9 Å². The molecule has 0 aliphatic rings. The highest BCUT2D eigenvalue weighted by Crippen LogP contribution is 2.11. The topological polar surface area (TPSA) is 47.3 Å². The SMILES string of the molecule is COC(C)CCC(CCCc1ccccc1)NN. The van der Waals surface area contributed by atoms with Gasteiger partial charge in [0.05, 0.1) is 6.10 Å². The first-order valence-electron chi connectivity index (χ1n) is 6.79. The fraction of sp³-hybridized carbons (Fsp3) is 0.600. The number of nitrogens with two attached hydrogens (primary N) is 1. The van der Waals surface area contributed by atoms with Crippen LogP contribution in [0, 0.1) is 0 Å². The molecule has 0 bridgehead atoms. The van der Waals surface area contributed by atoms with Crippen LogP contribution in [-0.2, 0) is 11.2 Å². The summed E-state index contributed by atoms with van der Waals surface area (Å²) in [5.74, 6) is 5.59. The summed E-state index contributed by atoms with van der Waals surface area (Å²) in [7, 11) is 1.75. The van der Waals surface area contributed by atoms with Gasteiger partial charge in [0.15, 0.2) is 0 Å². The number of ether oxygens (including phenoxy) is 1. The molecule has 1 aromatic rings. The Kier molecular flexibility index (Phi) is 7.65. The maximum Gasteiger partial charge on any atom is 0.0543 e. The van der Waals surface area contributed by atoms with Gasteiger partial charge in [-0.3, -0.25) is 11.3 Å². The van der Waals surface area contributed by atoms with Crippen LogP contribution in [0.4, 0.5) is 0 Å². The van der Waals surface area contributed by atoms with Crippen LogP contribution >= 0.6 is 0 Å². The van der Waals surface area contributed by atoms with Gasteiger partial charge in [-0.2, -0.15) is 0 Å². The van der Waals surface area contributed by atoms with E-state index in [0.717, 1.165) is 25.7 Å². The van der Waals surface area contributed by atoms with Gasteiger partial charge in [0.2, 0.25) is 0 Å². The average molecular weight is 250 g/mol. The average Bonchev–Trinajstić information content (AvgIpc) is 2.43. The molecule has 102 valence electrons. The van der Waals surface area contributed by atoms with Gasteiger partial charge >= 0.3 is 0 Å². The minimum Gasteiger partial charge on any atom is -0.382 e. The highest BCUT2D eigenvalue weighted by atomic mass is 16.5. The zero-order valence-corrected chi connectivity index (χ0v) is 11.6. The Morgan fingerprint density at radius 1 is 1.17 bits per heavy atom. The predicted octanol–water partition coefficient (Wildman–Crippen LogP) is 2.66. The molecule has 0 radical (unpaired) electrons. The van der Waals surface area contributed by atoms with Crippen molar-refractivity contribution in [1.29, 1.82) is 0 Å². The van der Waals surface area contributed by atoms with Crippen molar-refractivity contribution in [3.63, 3.8) is 0 Å². The van der Waals surface area contributed by atoms with E-state index < -0.39 is 0 Å². The first-order chi connectivity index (χ1) is 8.76. The summed E-state index contributed by atoms with van der Waals surface area (Å²) in [4.78, 5) is 0. The molecule has 2 atom stereocenters. The molecule has 0 aromatic heterocycles. The lowest BCUT2D eigenvalue weighted by Gasteiger charge is -2.17. The smallest absolute Gasteiger partial charge is 0.0543 e. The fourth-order valence-electron chi connectivity index (χ4n) is 2.06. The van der Waals surface area contributed by atoms with E-state index in [2.05, 4.69) is 42.7 Å². The molecule has 18 heavy (non-hydrogen) atoms. The van der Waals surface area contributed by atoms with E-state index in [4.69, 9.17) is 10.6 Å². The number of hydrogen-bond donors (Lipinski definition) is 2. The minimum atomic E-state index is 0.315. The van der Waals surface area contributed by atoms with E-state index in [1.54, 1.807) is 7.11 Å². The fourth-order valence-corrected chi connectivity index (χ4v) is 2.06. The van der Waals surface area contributed by atoms with Crippen LogP contribution < -0.4 is 11.3 Å². The summed E-state index contributed by atoms with van der Waals surface area (Å²) < 4.78 is 5.25. The Bertz CT molecular complexity index is 303. The normalized spacial score (nSPS) is 14.4. The van der Waals surface area contributed by atoms with Crippen LogP contribution in [0.25, 0.3) is 0 Å². The molecule has 2 unspecified atom stereocenters. The third kappa shape index (κ3) is 6.15. The number of hydrazine groups is 1. The molecule has 1 rings (SSSR count). The molecule has 0 aliphatic heterocycles. The second-order valence-corrected chi connectivity index (χ2v) is 4.87. The molecular formula is C15H26N2O. The Morgan fingerprint density at radius 3 is 2.50 bits per heavy atom. The summed E-state index contributed by atoms with van der Waals surface area (Å²) in [5.41, 5.74) is 4.31. The second kappa shape index (κ2) is 9.09. The van der Waals surface area contributed by atoms with Crippen LogP contribution in [0.2, 0.25) is 0 Å². The summed E-state index contributed by atoms with van der Waals surface area (Å²) in [6.45, 7) is 2.09. The second-order valence-electron chi connectivity index (χ2n) is 4.87. The molecule has 0 heterocycles. The van der Waals surface area contributed by atoms with E-state index in [0.29, 0.717) is 12.1 Å². The van der Waals surface area contributed by atoms with E-state index >= 15 is 0 Å². The number of hydrogen-bond acceptors (Lipinski definition) is 3. The van der Waals surface area contributed by atoms with Gasteiger partial charge in [-0.05, 0) is 44.6 Å². The van der Waals surface area contributed by atoms with E-state index in [1.165, 1.54) is 12.0 Å². The Hall–Kier alpha value is -0.900. The van der Waals surface area contributed by atoms with E-state index in [1.807, 2.05) is 0 Å². The van der Waals surface area contributed by atoms with Gasteiger partial charge in [-0.1, -0.05) is 30.3 Å². The first-order valence-corrected chi connectivity index (χ1v) is 6.79. The van der Waals surface area contributed by atoms with Crippen molar-refractivity contribution in [2.75, 3.05) is 7.11 Å². The van der Waals surface area contributed by atoms with Crippen LogP contribution in [-0.4, -0.2) is 19.3 Å². The van der Waals surface area contributed by atoms with Crippen molar-refractivity contribution < 1.29 is 4.74 Å². The standard InChI is InChI=1S/C15H26N2O/c1-13(18-2)11-12-15(17-16)10-6-9-14-7-4-3-5-8-14/h3-5,7-8,13,15,17H,6,9-12,16H2,1-2H3. The third-order valence-corrected chi connectivity index (χ3v) is 3.42. The van der Waals surface area contributed by atoms with Gasteiger partial charge in [0.1, 0.15) is 0 Å². The van der Waals surface area contributed by atoms with Gasteiger partial charge in [0.25, 0.3) is 0 Å². The van der Waals surface area contributed by atoms with Gasteiger partial charge in [-0.25, -0.2) is 0 Å². The lowest BCUT2D eigenvalue weighted by molar-refractivity contribution is 0.105. The predicted molar refractivity (Wildman–Crippen MR) is 76.2 cm³/mol. The number of benzene rings is 1. The monoisotopic (exact) mass is 250 g/mol. The lowest BCUT2D eigenvalue weighted by atomic mass is 10.0. The molecule has 3 heteroatoms. The number of rotatable bonds is 9. The number of nitrogens with one attached hydrogen (secondary N) is 1. The van der Waals surface area contributed by atoms with Gasteiger partial charge < -0.3 is 4.74 Å². The molecule has 0 fully saturated rings. The molecule has 3 nitrogen and oxygen atoms in total. The number of aryl methyl sites for hydroxylation is 1. The Labute approximate surface area is 111 Å². The summed E-state index contributed by atoms with van der Waals surface area (Å²) in [6.07, 6.45) is 5.84. The van der Waals surface area contributed by atoms with Gasteiger partial charge in [-0.15, -0.1) is 0 Å². The van der Waals surface area contributed by atoms with E-state index in [9.17, 15) is 0 Å². The molecular weight excluding hydrogens is 224 g/mol. The summed E-state index contributed by atoms with van der Waals surface area (Å²) >= 11 is 0. The van der Waals surface area contributed by atoms with E-state index in [-0.39, 0.29) is 0 Å². The maximum atomic E-state index is 5.59. The Balaban J connectivity index is 2.19. The Morgan fingerprint density at radius 2 is 1.89 bits per heavy atom. The molecule has 0 aliphatic carbocycles. The molecule has 0 saturated carbocycles. The van der Waals surface area contributed by atoms with Crippen molar-refractivity contribution in [1.82, 2.24) is 5.43 Å². The summed E-state index contributed by atoms with van der Waals surface area (Å²) in [6, 6.07) is 11.0. The summed E-state index contributed by atoms with van der Waals surface area (Å²) in [5, 5.41) is 0. The zero-order valence-electron chi connectivity index (χ0n) is 11.6. The first kappa shape index (κ1) is 15.2. The highest BCUT2D eigenvalue weighted by Gasteiger charge is 2.08. The third-order valence-electron chi connectivity index (χ3n) is 3.42.